The second-order valence-corrected chi connectivity index (χ2v) is 18.7. The molecule has 5 heterocycles. The zero-order valence-electron chi connectivity index (χ0n) is 40.2. The Labute approximate surface area is 430 Å². The van der Waals surface area contributed by atoms with Crippen LogP contribution in [0.5, 0.6) is 0 Å². The van der Waals surface area contributed by atoms with Crippen molar-refractivity contribution >= 4 is 65.4 Å². The van der Waals surface area contributed by atoms with Gasteiger partial charge in [0.1, 0.15) is 0 Å². The van der Waals surface area contributed by atoms with Gasteiger partial charge in [-0.2, -0.15) is 9.97 Å². The molecule has 350 valence electrons. The molecule has 0 fully saturated rings. The molecule has 75 heavy (non-hydrogen) atoms. The van der Waals surface area contributed by atoms with Crippen molar-refractivity contribution in [3.8, 4) is 74.3 Å². The lowest BCUT2D eigenvalue weighted by molar-refractivity contribution is 0.953. The molecule has 0 N–H and O–H groups in total. The summed E-state index contributed by atoms with van der Waals surface area (Å²) >= 11 is 0. The summed E-state index contributed by atoms with van der Waals surface area (Å²) in [7, 11) is 0. The maximum atomic E-state index is 5.61. The van der Waals surface area contributed by atoms with Gasteiger partial charge < -0.3 is 9.13 Å². The summed E-state index contributed by atoms with van der Waals surface area (Å²) in [6.45, 7) is 0. The molecule has 0 spiro atoms. The van der Waals surface area contributed by atoms with E-state index in [9.17, 15) is 0 Å². The number of aromatic nitrogens is 9. The Morgan fingerprint density at radius 1 is 0.227 bits per heavy atom. The second kappa shape index (κ2) is 17.1. The molecule has 0 unspecified atom stereocenters. The van der Waals surface area contributed by atoms with Crippen molar-refractivity contribution in [3.63, 3.8) is 0 Å². The third kappa shape index (κ3) is 6.86. The highest BCUT2D eigenvalue weighted by Crippen LogP contribution is 2.43. The van der Waals surface area contributed by atoms with Crippen molar-refractivity contribution in [2.24, 2.45) is 0 Å². The van der Waals surface area contributed by atoms with Gasteiger partial charge in [-0.15, -0.1) is 0 Å². The Bertz CT molecular complexity index is 4640. The van der Waals surface area contributed by atoms with Crippen LogP contribution in [0.4, 0.5) is 0 Å². The van der Waals surface area contributed by atoms with Gasteiger partial charge in [-0.3, -0.25) is 4.57 Å². The van der Waals surface area contributed by atoms with Crippen LogP contribution in [-0.2, 0) is 0 Å². The molecule has 0 saturated carbocycles. The summed E-state index contributed by atoms with van der Waals surface area (Å²) in [5.74, 6) is 3.45. The molecular weight excluding hydrogens is 919 g/mol. The van der Waals surface area contributed by atoms with Crippen LogP contribution >= 0.6 is 0 Å². The van der Waals surface area contributed by atoms with Crippen LogP contribution in [0.25, 0.3) is 140 Å². The average Bonchev–Trinajstić information content (AvgIpc) is 4.14. The first kappa shape index (κ1) is 42.3. The molecule has 10 aromatic carbocycles. The van der Waals surface area contributed by atoms with Crippen LogP contribution in [0.15, 0.2) is 249 Å². The lowest BCUT2D eigenvalue weighted by Crippen LogP contribution is -2.08. The number of hydrogen-bond donors (Lipinski definition) is 0. The van der Waals surface area contributed by atoms with Gasteiger partial charge in [-0.25, -0.2) is 19.9 Å². The summed E-state index contributed by atoms with van der Waals surface area (Å²) in [6.07, 6.45) is 0. The first-order valence-electron chi connectivity index (χ1n) is 25.0. The highest BCUT2D eigenvalue weighted by atomic mass is 15.2. The number of benzene rings is 10. The van der Waals surface area contributed by atoms with Gasteiger partial charge >= 0.3 is 0 Å². The van der Waals surface area contributed by atoms with Crippen LogP contribution in [0.1, 0.15) is 0 Å². The fourth-order valence-electron chi connectivity index (χ4n) is 11.0. The highest BCUT2D eigenvalue weighted by molar-refractivity contribution is 6.24. The molecule has 0 atom stereocenters. The predicted molar refractivity (Wildman–Crippen MR) is 303 cm³/mol. The van der Waals surface area contributed by atoms with Crippen LogP contribution in [0.3, 0.4) is 0 Å². The molecule has 5 aromatic heterocycles. The van der Waals surface area contributed by atoms with E-state index in [1.54, 1.807) is 0 Å². The van der Waals surface area contributed by atoms with E-state index in [4.69, 9.17) is 29.9 Å². The molecule has 15 rings (SSSR count). The maximum absolute atomic E-state index is 5.61. The van der Waals surface area contributed by atoms with Crippen molar-refractivity contribution < 1.29 is 0 Å². The van der Waals surface area contributed by atoms with E-state index in [0.717, 1.165) is 105 Å². The van der Waals surface area contributed by atoms with E-state index in [-0.39, 0.29) is 0 Å². The Hall–Kier alpha value is -10.4. The van der Waals surface area contributed by atoms with Crippen molar-refractivity contribution in [1.82, 2.24) is 43.6 Å². The summed E-state index contributed by atoms with van der Waals surface area (Å²) in [5, 5.41) is 6.65. The summed E-state index contributed by atoms with van der Waals surface area (Å²) < 4.78 is 6.97. The van der Waals surface area contributed by atoms with Gasteiger partial charge in [0, 0.05) is 71.5 Å². The Morgan fingerprint density at radius 3 is 1.15 bits per heavy atom. The van der Waals surface area contributed by atoms with Crippen molar-refractivity contribution in [2.45, 2.75) is 0 Å². The lowest BCUT2D eigenvalue weighted by Gasteiger charge is -2.15. The highest BCUT2D eigenvalue weighted by Gasteiger charge is 2.25. The van der Waals surface area contributed by atoms with E-state index in [0.29, 0.717) is 35.1 Å². The molecule has 0 radical (unpaired) electrons. The predicted octanol–water partition coefficient (Wildman–Crippen LogP) is 15.7. The summed E-state index contributed by atoms with van der Waals surface area (Å²) in [5.41, 5.74) is 12.6. The number of hydrogen-bond acceptors (Lipinski definition) is 6. The van der Waals surface area contributed by atoms with Gasteiger partial charge in [0.2, 0.25) is 5.95 Å². The molecule has 15 aromatic rings. The van der Waals surface area contributed by atoms with Crippen LogP contribution in [0.2, 0.25) is 0 Å². The Morgan fingerprint density at radius 2 is 0.587 bits per heavy atom. The van der Waals surface area contributed by atoms with Crippen molar-refractivity contribution in [3.05, 3.63) is 249 Å². The maximum Gasteiger partial charge on any atom is 0.238 e. The van der Waals surface area contributed by atoms with E-state index in [1.165, 1.54) is 0 Å². The van der Waals surface area contributed by atoms with Gasteiger partial charge in [0.25, 0.3) is 0 Å². The Kier molecular flexibility index (Phi) is 9.67. The SMILES string of the molecule is c1ccc(-c2nc(-c3ccccc3)nc(-c3cccc(-n4c5ccccc5c5ccc6c7ccccc7n(-c7nc(-c8ccccc8)nc(-c8cccc9c%10ccccc%10n(-c%10ccccc%10)c89)n7)c6c54)c3)n2)cc1. The zero-order chi connectivity index (χ0) is 49.4. The minimum Gasteiger partial charge on any atom is -0.309 e. The zero-order valence-corrected chi connectivity index (χ0v) is 40.2. The quantitative estimate of drug-likeness (QED) is 0.151. The molecule has 0 aliphatic heterocycles. The minimum atomic E-state index is 0.509. The van der Waals surface area contributed by atoms with Crippen LogP contribution in [0, 0.1) is 0 Å². The van der Waals surface area contributed by atoms with E-state index < -0.39 is 0 Å². The fraction of sp³-hybridized carbons (Fsp3) is 0. The normalized spacial score (nSPS) is 11.7. The van der Waals surface area contributed by atoms with E-state index in [1.807, 2.05) is 78.9 Å². The molecule has 9 nitrogen and oxygen atoms in total. The van der Waals surface area contributed by atoms with Gasteiger partial charge in [-0.1, -0.05) is 200 Å². The number of fused-ring (bicyclic) bond motifs is 10. The molecule has 0 bridgehead atoms. The first-order valence-corrected chi connectivity index (χ1v) is 25.0. The fourth-order valence-corrected chi connectivity index (χ4v) is 11.0. The third-order valence-corrected chi connectivity index (χ3v) is 14.3. The van der Waals surface area contributed by atoms with Gasteiger partial charge in [-0.05, 0) is 48.5 Å². The first-order chi connectivity index (χ1) is 37.2. The van der Waals surface area contributed by atoms with E-state index >= 15 is 0 Å². The molecule has 0 aliphatic rings. The largest absolute Gasteiger partial charge is 0.309 e. The lowest BCUT2D eigenvalue weighted by atomic mass is 10.1. The molecular formula is C66H41N9. The summed E-state index contributed by atoms with van der Waals surface area (Å²) in [6, 6.07) is 86.2. The van der Waals surface area contributed by atoms with Gasteiger partial charge in [0.15, 0.2) is 29.1 Å². The monoisotopic (exact) mass is 959 g/mol. The van der Waals surface area contributed by atoms with Crippen LogP contribution in [-0.4, -0.2) is 43.6 Å². The summed E-state index contributed by atoms with van der Waals surface area (Å²) in [4.78, 5) is 31.7. The van der Waals surface area contributed by atoms with Gasteiger partial charge in [0.05, 0.1) is 33.1 Å². The molecule has 0 amide bonds. The molecule has 0 aliphatic carbocycles. The third-order valence-electron chi connectivity index (χ3n) is 14.3. The van der Waals surface area contributed by atoms with Crippen LogP contribution < -0.4 is 0 Å². The number of rotatable bonds is 8. The Balaban J connectivity index is 1.01. The van der Waals surface area contributed by atoms with Crippen molar-refractivity contribution in [1.29, 1.82) is 0 Å². The molecule has 9 heteroatoms. The molecule has 0 saturated heterocycles. The topological polar surface area (TPSA) is 92.1 Å². The van der Waals surface area contributed by atoms with E-state index in [2.05, 4.69) is 184 Å². The average molecular weight is 960 g/mol. The van der Waals surface area contributed by atoms with Crippen molar-refractivity contribution in [2.75, 3.05) is 0 Å². The minimum absolute atomic E-state index is 0.509. The number of para-hydroxylation sites is 5. The number of nitrogens with zero attached hydrogens (tertiary/aromatic N) is 9. The second-order valence-electron chi connectivity index (χ2n) is 18.7. The standard InChI is InChI=1S/C66H41N9/c1-5-21-42(22-6-1)61-67-62(43-23-7-2-8-24-43)69-64(68-61)45-27-19-30-47(41-45)74-56-37-17-14-32-49(56)52-39-40-53-50-33-15-18-38-57(50)75(60(53)59(52)74)66-71-63(44-25-9-3-10-26-44)70-65(72-66)54-35-20-34-51-48-31-13-16-36-55(48)73(58(51)54)46-28-11-4-12-29-46/h1-41H. The smallest absolute Gasteiger partial charge is 0.238 e.